The zero-order valence-corrected chi connectivity index (χ0v) is 15.4. The Hall–Kier alpha value is -1.51. The van der Waals surface area contributed by atoms with E-state index in [0.717, 1.165) is 18.4 Å². The van der Waals surface area contributed by atoms with Crippen LogP contribution in [0.5, 0.6) is 0 Å². The minimum Gasteiger partial charge on any atom is -0.268 e. The predicted octanol–water partition coefficient (Wildman–Crippen LogP) is 2.41. The average molecular weight is 367 g/mol. The summed E-state index contributed by atoms with van der Waals surface area (Å²) in [5.41, 5.74) is 1.18. The third kappa shape index (κ3) is 3.31. The number of aromatic nitrogens is 2. The maximum absolute atomic E-state index is 12.8. The number of hydrogen-bond acceptors (Lipinski definition) is 5. The molecule has 0 radical (unpaired) electrons. The van der Waals surface area contributed by atoms with E-state index in [2.05, 4.69) is 12.0 Å². The van der Waals surface area contributed by atoms with E-state index in [4.69, 9.17) is 0 Å². The van der Waals surface area contributed by atoms with Gasteiger partial charge in [0, 0.05) is 36.6 Å². The standard InChI is InChI=1S/C16H21N3O3S2/c1-3-19-15(20)5-4-14(17-19)13-10-16(23-11-13)24(21,22)18-8-6-12(2)7-9-18/h4-5,10-12H,3,6-9H2,1-2H3. The third-order valence-electron chi connectivity index (χ3n) is 4.37. The smallest absolute Gasteiger partial charge is 0.266 e. The zero-order valence-electron chi connectivity index (χ0n) is 13.8. The van der Waals surface area contributed by atoms with Crippen molar-refractivity contribution in [3.63, 3.8) is 0 Å². The van der Waals surface area contributed by atoms with E-state index >= 15 is 0 Å². The summed E-state index contributed by atoms with van der Waals surface area (Å²) >= 11 is 1.21. The van der Waals surface area contributed by atoms with E-state index in [1.807, 2.05) is 6.92 Å². The monoisotopic (exact) mass is 367 g/mol. The first-order valence-electron chi connectivity index (χ1n) is 8.09. The predicted molar refractivity (Wildman–Crippen MR) is 94.6 cm³/mol. The van der Waals surface area contributed by atoms with Gasteiger partial charge in [0.25, 0.3) is 15.6 Å². The molecule has 1 saturated heterocycles. The molecule has 0 N–H and O–H groups in total. The van der Waals surface area contributed by atoms with Gasteiger partial charge in [-0.25, -0.2) is 13.1 Å². The van der Waals surface area contributed by atoms with E-state index in [0.29, 0.717) is 35.5 Å². The molecule has 1 aliphatic heterocycles. The topological polar surface area (TPSA) is 72.3 Å². The van der Waals surface area contributed by atoms with Gasteiger partial charge in [0.05, 0.1) is 5.69 Å². The summed E-state index contributed by atoms with van der Waals surface area (Å²) in [5, 5.41) is 6.07. The quantitative estimate of drug-likeness (QED) is 0.832. The van der Waals surface area contributed by atoms with E-state index in [9.17, 15) is 13.2 Å². The van der Waals surface area contributed by atoms with Gasteiger partial charge in [-0.05, 0) is 37.8 Å². The number of piperidine rings is 1. The molecule has 1 fully saturated rings. The van der Waals surface area contributed by atoms with Crippen LogP contribution >= 0.6 is 11.3 Å². The Morgan fingerprint density at radius 3 is 2.67 bits per heavy atom. The fourth-order valence-corrected chi connectivity index (χ4v) is 5.56. The van der Waals surface area contributed by atoms with Crippen LogP contribution in [-0.4, -0.2) is 35.6 Å². The van der Waals surface area contributed by atoms with Crippen LogP contribution in [0.25, 0.3) is 11.3 Å². The number of thiophene rings is 1. The highest BCUT2D eigenvalue weighted by Crippen LogP contribution is 2.31. The first kappa shape index (κ1) is 17.3. The number of nitrogens with zero attached hydrogens (tertiary/aromatic N) is 3. The molecule has 0 atom stereocenters. The van der Waals surface area contributed by atoms with E-state index in [-0.39, 0.29) is 5.56 Å². The van der Waals surface area contributed by atoms with Gasteiger partial charge in [-0.2, -0.15) is 9.40 Å². The molecular formula is C16H21N3O3S2. The molecule has 130 valence electrons. The molecule has 6 nitrogen and oxygen atoms in total. The first-order valence-corrected chi connectivity index (χ1v) is 10.4. The summed E-state index contributed by atoms with van der Waals surface area (Å²) in [6.07, 6.45) is 1.81. The Bertz CT molecular complexity index is 878. The molecule has 0 amide bonds. The van der Waals surface area contributed by atoms with Gasteiger partial charge >= 0.3 is 0 Å². The van der Waals surface area contributed by atoms with Crippen molar-refractivity contribution in [3.8, 4) is 11.3 Å². The van der Waals surface area contributed by atoms with Gasteiger partial charge in [0.1, 0.15) is 4.21 Å². The Labute approximate surface area is 145 Å². The van der Waals surface area contributed by atoms with Crippen molar-refractivity contribution in [2.24, 2.45) is 5.92 Å². The van der Waals surface area contributed by atoms with Gasteiger partial charge in [-0.1, -0.05) is 6.92 Å². The molecular weight excluding hydrogens is 346 g/mol. The lowest BCUT2D eigenvalue weighted by Gasteiger charge is -2.28. The minimum absolute atomic E-state index is 0.160. The van der Waals surface area contributed by atoms with Crippen molar-refractivity contribution in [3.05, 3.63) is 33.9 Å². The van der Waals surface area contributed by atoms with Gasteiger partial charge in [0.2, 0.25) is 0 Å². The Balaban J connectivity index is 1.89. The number of sulfonamides is 1. The highest BCUT2D eigenvalue weighted by Gasteiger charge is 2.29. The number of rotatable bonds is 4. The van der Waals surface area contributed by atoms with E-state index in [1.54, 1.807) is 21.8 Å². The minimum atomic E-state index is -3.44. The SMILES string of the molecule is CCn1nc(-c2csc(S(=O)(=O)N3CCC(C)CC3)c2)ccc1=O. The molecule has 2 aromatic rings. The second kappa shape index (κ2) is 6.78. The summed E-state index contributed by atoms with van der Waals surface area (Å²) in [6, 6.07) is 4.75. The number of hydrogen-bond donors (Lipinski definition) is 0. The van der Waals surface area contributed by atoms with Crippen LogP contribution in [0, 0.1) is 5.92 Å². The fraction of sp³-hybridized carbons (Fsp3) is 0.500. The van der Waals surface area contributed by atoms with E-state index in [1.165, 1.54) is 22.1 Å². The van der Waals surface area contributed by atoms with Crippen molar-refractivity contribution >= 4 is 21.4 Å². The maximum Gasteiger partial charge on any atom is 0.266 e. The normalized spacial score (nSPS) is 17.2. The van der Waals surface area contributed by atoms with Crippen molar-refractivity contribution in [1.29, 1.82) is 0 Å². The van der Waals surface area contributed by atoms with Gasteiger partial charge in [-0.15, -0.1) is 11.3 Å². The largest absolute Gasteiger partial charge is 0.268 e. The van der Waals surface area contributed by atoms with Gasteiger partial charge in [-0.3, -0.25) is 4.79 Å². The Morgan fingerprint density at radius 1 is 1.29 bits per heavy atom. The molecule has 0 unspecified atom stereocenters. The molecule has 0 aromatic carbocycles. The lowest BCUT2D eigenvalue weighted by atomic mass is 10.0. The van der Waals surface area contributed by atoms with Crippen molar-refractivity contribution in [2.75, 3.05) is 13.1 Å². The molecule has 0 spiro atoms. The summed E-state index contributed by atoms with van der Waals surface area (Å²) in [5.74, 6) is 0.578. The van der Waals surface area contributed by atoms with Crippen LogP contribution in [0.2, 0.25) is 0 Å². The lowest BCUT2D eigenvalue weighted by Crippen LogP contribution is -2.37. The van der Waals surface area contributed by atoms with Crippen LogP contribution in [0.3, 0.4) is 0 Å². The average Bonchev–Trinajstić information content (AvgIpc) is 3.06. The van der Waals surface area contributed by atoms with Crippen LogP contribution < -0.4 is 5.56 Å². The molecule has 0 aliphatic carbocycles. The Kier molecular flexibility index (Phi) is 4.89. The second-order valence-corrected chi connectivity index (χ2v) is 9.19. The molecule has 2 aromatic heterocycles. The van der Waals surface area contributed by atoms with Gasteiger partial charge in [0.15, 0.2) is 0 Å². The third-order valence-corrected chi connectivity index (χ3v) is 7.69. The highest BCUT2D eigenvalue weighted by molar-refractivity contribution is 7.91. The molecule has 0 saturated carbocycles. The summed E-state index contributed by atoms with van der Waals surface area (Å²) in [6.45, 7) is 5.64. The summed E-state index contributed by atoms with van der Waals surface area (Å²) in [4.78, 5) is 11.6. The highest BCUT2D eigenvalue weighted by atomic mass is 32.2. The molecule has 0 bridgehead atoms. The van der Waals surface area contributed by atoms with Crippen LogP contribution in [-0.2, 0) is 16.6 Å². The van der Waals surface area contributed by atoms with Crippen molar-refractivity contribution in [2.45, 2.75) is 37.4 Å². The van der Waals surface area contributed by atoms with Gasteiger partial charge < -0.3 is 0 Å². The van der Waals surface area contributed by atoms with Crippen LogP contribution in [0.15, 0.2) is 32.6 Å². The lowest BCUT2D eigenvalue weighted by molar-refractivity contribution is 0.288. The molecule has 1 aliphatic rings. The van der Waals surface area contributed by atoms with Crippen molar-refractivity contribution < 1.29 is 8.42 Å². The number of aryl methyl sites for hydroxylation is 1. The molecule has 3 heterocycles. The first-order chi connectivity index (χ1) is 11.4. The maximum atomic E-state index is 12.8. The van der Waals surface area contributed by atoms with E-state index < -0.39 is 10.0 Å². The molecule has 3 rings (SSSR count). The van der Waals surface area contributed by atoms with Crippen molar-refractivity contribution in [1.82, 2.24) is 14.1 Å². The summed E-state index contributed by atoms with van der Waals surface area (Å²) < 4.78 is 28.8. The second-order valence-electron chi connectivity index (χ2n) is 6.11. The van der Waals surface area contributed by atoms with Crippen LogP contribution in [0.1, 0.15) is 26.7 Å². The Morgan fingerprint density at radius 2 is 2.00 bits per heavy atom. The molecule has 8 heteroatoms. The fourth-order valence-electron chi connectivity index (χ4n) is 2.77. The van der Waals surface area contributed by atoms with Crippen LogP contribution in [0.4, 0.5) is 0 Å². The summed E-state index contributed by atoms with van der Waals surface area (Å²) in [7, 11) is -3.44. The zero-order chi connectivity index (χ0) is 17.3. The molecule has 24 heavy (non-hydrogen) atoms.